The maximum Gasteiger partial charge on any atom is 0.338 e. The number of carbonyl (C=O) groups is 1. The summed E-state index contributed by atoms with van der Waals surface area (Å²) < 4.78 is 16.2. The molecule has 0 saturated carbocycles. The van der Waals surface area contributed by atoms with Gasteiger partial charge in [-0.2, -0.15) is 0 Å². The van der Waals surface area contributed by atoms with Gasteiger partial charge in [0.2, 0.25) is 0 Å². The number of thiazole rings is 1. The van der Waals surface area contributed by atoms with E-state index in [9.17, 15) is 9.59 Å². The van der Waals surface area contributed by atoms with Crippen LogP contribution >= 0.6 is 56.5 Å². The van der Waals surface area contributed by atoms with Gasteiger partial charge in [-0.15, -0.1) is 0 Å². The van der Waals surface area contributed by atoms with Crippen LogP contribution in [0.1, 0.15) is 35.2 Å². The van der Waals surface area contributed by atoms with Gasteiger partial charge in [-0.1, -0.05) is 114 Å². The summed E-state index contributed by atoms with van der Waals surface area (Å²) >= 11 is 5.88. The molecule has 0 N–H and O–H groups in total. The molecule has 1 atom stereocenters. The van der Waals surface area contributed by atoms with Crippen molar-refractivity contribution in [1.29, 1.82) is 0 Å². The van der Waals surface area contributed by atoms with Crippen molar-refractivity contribution in [2.24, 2.45) is 4.99 Å². The van der Waals surface area contributed by atoms with Gasteiger partial charge in [0.1, 0.15) is 12.4 Å². The van der Waals surface area contributed by atoms with E-state index in [-0.39, 0.29) is 12.2 Å². The lowest BCUT2D eigenvalue weighted by Gasteiger charge is -2.25. The summed E-state index contributed by atoms with van der Waals surface area (Å²) in [6, 6.07) is 37.0. The summed E-state index contributed by atoms with van der Waals surface area (Å²) in [7, 11) is 0. The van der Waals surface area contributed by atoms with Crippen LogP contribution in [0.5, 0.6) is 5.75 Å². The van der Waals surface area contributed by atoms with Crippen molar-refractivity contribution in [3.63, 3.8) is 0 Å². The number of rotatable bonds is 8. The molecule has 7 rings (SSSR count). The quantitative estimate of drug-likeness (QED) is 0.115. The second kappa shape index (κ2) is 14.2. The molecular formula is C39H28I2N2O4S. The average molecular weight is 875 g/mol. The molecular weight excluding hydrogens is 846 g/mol. The average Bonchev–Trinajstić information content (AvgIpc) is 3.41. The van der Waals surface area contributed by atoms with Gasteiger partial charge in [-0.3, -0.25) is 9.36 Å². The van der Waals surface area contributed by atoms with Crippen LogP contribution in [0.3, 0.4) is 0 Å². The molecule has 0 fully saturated rings. The lowest BCUT2D eigenvalue weighted by atomic mass is 9.93. The fourth-order valence-electron chi connectivity index (χ4n) is 5.94. The highest BCUT2D eigenvalue weighted by atomic mass is 127. The fourth-order valence-corrected chi connectivity index (χ4v) is 8.98. The number of fused-ring (bicyclic) bond motifs is 2. The van der Waals surface area contributed by atoms with Gasteiger partial charge in [0.25, 0.3) is 5.56 Å². The Bertz CT molecular complexity index is 2380. The Kier molecular flexibility index (Phi) is 9.60. The Morgan fingerprint density at radius 2 is 1.62 bits per heavy atom. The molecule has 1 aliphatic heterocycles. The van der Waals surface area contributed by atoms with Crippen LogP contribution in [-0.4, -0.2) is 17.1 Å². The maximum atomic E-state index is 14.4. The SMILES string of the molecule is CCOC(=O)C1=C(c2ccccc2)N=c2s/c(=C\c3cc(I)cc(I)c3OCc3cccc4ccccc34)c(=O)n2[C@@H]1c1ccccc1. The summed E-state index contributed by atoms with van der Waals surface area (Å²) in [5.74, 6) is 0.200. The summed E-state index contributed by atoms with van der Waals surface area (Å²) in [4.78, 5) is 33.6. The van der Waals surface area contributed by atoms with E-state index in [2.05, 4.69) is 75.5 Å². The minimum atomic E-state index is -0.725. The van der Waals surface area contributed by atoms with Crippen molar-refractivity contribution in [2.75, 3.05) is 6.61 Å². The Hall–Kier alpha value is -4.07. The molecule has 0 radical (unpaired) electrons. The number of hydrogen-bond donors (Lipinski definition) is 0. The highest BCUT2D eigenvalue weighted by molar-refractivity contribution is 14.1. The molecule has 0 saturated heterocycles. The molecule has 1 aliphatic rings. The van der Waals surface area contributed by atoms with E-state index in [0.717, 1.165) is 40.2 Å². The molecule has 5 aromatic carbocycles. The molecule has 0 amide bonds. The first-order valence-corrected chi connectivity index (χ1v) is 18.3. The number of esters is 1. The van der Waals surface area contributed by atoms with E-state index in [1.807, 2.05) is 91.0 Å². The summed E-state index contributed by atoms with van der Waals surface area (Å²) in [5.41, 5.74) is 4.02. The van der Waals surface area contributed by atoms with E-state index in [4.69, 9.17) is 14.5 Å². The van der Waals surface area contributed by atoms with E-state index < -0.39 is 12.0 Å². The van der Waals surface area contributed by atoms with Crippen molar-refractivity contribution < 1.29 is 14.3 Å². The molecule has 0 bridgehead atoms. The normalized spacial score (nSPS) is 14.5. The van der Waals surface area contributed by atoms with Gasteiger partial charge < -0.3 is 9.47 Å². The highest BCUT2D eigenvalue weighted by Crippen LogP contribution is 2.35. The highest BCUT2D eigenvalue weighted by Gasteiger charge is 2.35. The van der Waals surface area contributed by atoms with Gasteiger partial charge in [0.05, 0.1) is 32.0 Å². The Balaban J connectivity index is 1.39. The van der Waals surface area contributed by atoms with Gasteiger partial charge in [0.15, 0.2) is 4.80 Å². The van der Waals surface area contributed by atoms with E-state index in [1.165, 1.54) is 11.3 Å². The van der Waals surface area contributed by atoms with E-state index in [0.29, 0.717) is 33.0 Å². The topological polar surface area (TPSA) is 69.9 Å². The Morgan fingerprint density at radius 1 is 0.917 bits per heavy atom. The monoisotopic (exact) mass is 874 g/mol. The molecule has 0 spiro atoms. The molecule has 0 aliphatic carbocycles. The number of hydrogen-bond acceptors (Lipinski definition) is 6. The minimum Gasteiger partial charge on any atom is -0.487 e. The van der Waals surface area contributed by atoms with Gasteiger partial charge >= 0.3 is 5.97 Å². The molecule has 1 aromatic heterocycles. The van der Waals surface area contributed by atoms with Crippen molar-refractivity contribution in [1.82, 2.24) is 4.57 Å². The van der Waals surface area contributed by atoms with Crippen LogP contribution in [0.4, 0.5) is 0 Å². The van der Waals surface area contributed by atoms with Gasteiger partial charge in [-0.05, 0) is 92.2 Å². The minimum absolute atomic E-state index is 0.198. The largest absolute Gasteiger partial charge is 0.487 e. The second-order valence-corrected chi connectivity index (χ2v) is 14.5. The zero-order valence-corrected chi connectivity index (χ0v) is 30.9. The van der Waals surface area contributed by atoms with Crippen LogP contribution in [0.25, 0.3) is 22.5 Å². The van der Waals surface area contributed by atoms with Gasteiger partial charge in [0, 0.05) is 14.7 Å². The number of benzene rings is 5. The second-order valence-electron chi connectivity index (χ2n) is 11.1. The third-order valence-corrected chi connectivity index (χ3v) is 10.5. The first-order valence-electron chi connectivity index (χ1n) is 15.3. The zero-order chi connectivity index (χ0) is 33.2. The predicted molar refractivity (Wildman–Crippen MR) is 208 cm³/mol. The summed E-state index contributed by atoms with van der Waals surface area (Å²) in [6.07, 6.45) is 1.88. The lowest BCUT2D eigenvalue weighted by molar-refractivity contribution is -0.138. The van der Waals surface area contributed by atoms with E-state index >= 15 is 0 Å². The molecule has 9 heteroatoms. The molecule has 6 aromatic rings. The van der Waals surface area contributed by atoms with Gasteiger partial charge in [-0.25, -0.2) is 9.79 Å². The first-order chi connectivity index (χ1) is 23.4. The number of aromatic nitrogens is 1. The smallest absolute Gasteiger partial charge is 0.338 e. The molecule has 0 unspecified atom stereocenters. The van der Waals surface area contributed by atoms with Crippen molar-refractivity contribution in [3.05, 3.63) is 170 Å². The number of carbonyl (C=O) groups excluding carboxylic acids is 1. The lowest BCUT2D eigenvalue weighted by Crippen LogP contribution is -2.40. The standard InChI is InChI=1S/C39H28I2N2O4S/c1-2-46-38(45)33-34(25-13-5-3-6-14-25)42-39-43(35(33)26-15-7-4-8-16-26)37(44)32(48-39)21-28-20-29(40)22-31(41)36(28)47-23-27-18-11-17-24-12-9-10-19-30(24)27/h3-22,35H,2,23H2,1H3/b32-21-/t35-/m1/s1. The molecule has 48 heavy (non-hydrogen) atoms. The number of halogens is 2. The molecule has 238 valence electrons. The van der Waals surface area contributed by atoms with Crippen LogP contribution < -0.4 is 19.6 Å². The summed E-state index contributed by atoms with van der Waals surface area (Å²) in [5, 5.41) is 2.30. The summed E-state index contributed by atoms with van der Waals surface area (Å²) in [6.45, 7) is 2.34. The van der Waals surface area contributed by atoms with Crippen molar-refractivity contribution in [2.45, 2.75) is 19.6 Å². The Labute approximate surface area is 308 Å². The Morgan fingerprint density at radius 3 is 2.40 bits per heavy atom. The van der Waals surface area contributed by atoms with Crippen LogP contribution in [-0.2, 0) is 16.1 Å². The predicted octanol–water partition coefficient (Wildman–Crippen LogP) is 7.88. The van der Waals surface area contributed by atoms with Crippen molar-refractivity contribution >= 4 is 85.0 Å². The number of ether oxygens (including phenoxy) is 2. The maximum absolute atomic E-state index is 14.4. The first kappa shape index (κ1) is 32.5. The molecule has 2 heterocycles. The van der Waals surface area contributed by atoms with Crippen molar-refractivity contribution in [3.8, 4) is 5.75 Å². The molecule has 6 nitrogen and oxygen atoms in total. The fraction of sp³-hybridized carbons (Fsp3) is 0.103. The third-order valence-electron chi connectivity index (χ3n) is 8.06. The number of nitrogens with zero attached hydrogens (tertiary/aromatic N) is 2. The van der Waals surface area contributed by atoms with E-state index in [1.54, 1.807) is 11.5 Å². The zero-order valence-electron chi connectivity index (χ0n) is 25.7. The van der Waals surface area contributed by atoms with Crippen LogP contribution in [0.2, 0.25) is 0 Å². The van der Waals surface area contributed by atoms with Crippen LogP contribution in [0, 0.1) is 7.14 Å². The third kappa shape index (κ3) is 6.38. The van der Waals surface area contributed by atoms with Crippen LogP contribution in [0.15, 0.2) is 131 Å².